The number of halogens is 1. The van der Waals surface area contributed by atoms with Crippen LogP contribution in [0.3, 0.4) is 0 Å². The quantitative estimate of drug-likeness (QED) is 0.784. The molecule has 21 heavy (non-hydrogen) atoms. The normalized spacial score (nSPS) is 10.5. The van der Waals surface area contributed by atoms with E-state index >= 15 is 0 Å². The lowest BCUT2D eigenvalue weighted by atomic mass is 10.1. The number of hydrogen-bond donors (Lipinski definition) is 0. The van der Waals surface area contributed by atoms with Crippen LogP contribution in [0.2, 0.25) is 0 Å². The van der Waals surface area contributed by atoms with E-state index in [0.717, 1.165) is 15.6 Å². The highest BCUT2D eigenvalue weighted by Gasteiger charge is 2.17. The van der Waals surface area contributed by atoms with Gasteiger partial charge >= 0.3 is 0 Å². The number of hydrogen-bond acceptors (Lipinski definition) is 1. The molecule has 1 amide bonds. The number of nitrogens with zero attached hydrogens (tertiary/aromatic N) is 1. The number of carbonyl (C=O) groups excluding carboxylic acids is 1. The Kier molecular flexibility index (Phi) is 5.18. The molecule has 0 N–H and O–H groups in total. The molecule has 0 aliphatic heterocycles. The lowest BCUT2D eigenvalue weighted by Crippen LogP contribution is -2.31. The van der Waals surface area contributed by atoms with Gasteiger partial charge in [-0.1, -0.05) is 46.3 Å². The Morgan fingerprint density at radius 2 is 1.81 bits per heavy atom. The van der Waals surface area contributed by atoms with Crippen LogP contribution in [0.15, 0.2) is 46.9 Å². The van der Waals surface area contributed by atoms with Gasteiger partial charge in [0.15, 0.2) is 0 Å². The Morgan fingerprint density at radius 1 is 1.10 bits per heavy atom. The monoisotopic (exact) mass is 345 g/mol. The summed E-state index contributed by atoms with van der Waals surface area (Å²) in [5, 5.41) is 0. The number of aryl methyl sites for hydroxylation is 2. The minimum atomic E-state index is 0.0829. The van der Waals surface area contributed by atoms with Gasteiger partial charge in [-0.2, -0.15) is 0 Å². The lowest BCUT2D eigenvalue weighted by molar-refractivity contribution is 0.0751. The predicted molar refractivity (Wildman–Crippen MR) is 90.5 cm³/mol. The standard InChI is InChI=1S/C18H20BrNO/c1-4-20(12-15-8-6-5-7-13(15)2)18(21)17-11-16(19)10-9-14(17)3/h5-11H,4,12H2,1-3H3. The van der Waals surface area contributed by atoms with Crippen LogP contribution in [0.25, 0.3) is 0 Å². The highest BCUT2D eigenvalue weighted by molar-refractivity contribution is 9.10. The first-order valence-corrected chi connectivity index (χ1v) is 7.92. The molecule has 3 heteroatoms. The summed E-state index contributed by atoms with van der Waals surface area (Å²) in [6.45, 7) is 7.41. The number of rotatable bonds is 4. The summed E-state index contributed by atoms with van der Waals surface area (Å²) < 4.78 is 0.934. The third-order valence-corrected chi connectivity index (χ3v) is 4.21. The molecule has 2 rings (SSSR count). The largest absolute Gasteiger partial charge is 0.335 e. The van der Waals surface area contributed by atoms with Crippen molar-refractivity contribution in [1.82, 2.24) is 4.90 Å². The van der Waals surface area contributed by atoms with Crippen molar-refractivity contribution in [2.45, 2.75) is 27.3 Å². The smallest absolute Gasteiger partial charge is 0.254 e. The minimum absolute atomic E-state index is 0.0829. The number of benzene rings is 2. The van der Waals surface area contributed by atoms with Gasteiger partial charge in [-0.15, -0.1) is 0 Å². The van der Waals surface area contributed by atoms with Crippen molar-refractivity contribution in [3.8, 4) is 0 Å². The summed E-state index contributed by atoms with van der Waals surface area (Å²) in [5.74, 6) is 0.0829. The second-order valence-corrected chi connectivity index (χ2v) is 6.12. The molecule has 110 valence electrons. The molecular weight excluding hydrogens is 326 g/mol. The summed E-state index contributed by atoms with van der Waals surface area (Å²) in [6, 6.07) is 14.0. The Balaban J connectivity index is 2.27. The van der Waals surface area contributed by atoms with Crippen LogP contribution >= 0.6 is 15.9 Å². The molecule has 2 aromatic rings. The van der Waals surface area contributed by atoms with Crippen molar-refractivity contribution in [3.63, 3.8) is 0 Å². The van der Waals surface area contributed by atoms with E-state index in [2.05, 4.69) is 35.0 Å². The fourth-order valence-electron chi connectivity index (χ4n) is 2.32. The maximum atomic E-state index is 12.8. The summed E-state index contributed by atoms with van der Waals surface area (Å²) in [5.41, 5.74) is 4.18. The molecule has 0 aromatic heterocycles. The van der Waals surface area contributed by atoms with Gasteiger partial charge in [0.1, 0.15) is 0 Å². The highest BCUT2D eigenvalue weighted by Crippen LogP contribution is 2.19. The van der Waals surface area contributed by atoms with Gasteiger partial charge in [0, 0.05) is 23.1 Å². The van der Waals surface area contributed by atoms with Crippen molar-refractivity contribution >= 4 is 21.8 Å². The fourth-order valence-corrected chi connectivity index (χ4v) is 2.68. The van der Waals surface area contributed by atoms with E-state index in [1.165, 1.54) is 11.1 Å². The zero-order chi connectivity index (χ0) is 15.4. The molecule has 0 heterocycles. The van der Waals surface area contributed by atoms with Gasteiger partial charge in [-0.05, 0) is 49.6 Å². The van der Waals surface area contributed by atoms with Crippen molar-refractivity contribution in [2.75, 3.05) is 6.54 Å². The second-order valence-electron chi connectivity index (χ2n) is 5.21. The fraction of sp³-hybridized carbons (Fsp3) is 0.278. The first kappa shape index (κ1) is 15.8. The van der Waals surface area contributed by atoms with E-state index in [4.69, 9.17) is 0 Å². The van der Waals surface area contributed by atoms with Crippen molar-refractivity contribution in [3.05, 3.63) is 69.2 Å². The third-order valence-electron chi connectivity index (χ3n) is 3.72. The number of carbonyl (C=O) groups is 1. The average molecular weight is 346 g/mol. The maximum Gasteiger partial charge on any atom is 0.254 e. The van der Waals surface area contributed by atoms with Crippen molar-refractivity contribution in [2.24, 2.45) is 0 Å². The maximum absolute atomic E-state index is 12.8. The van der Waals surface area contributed by atoms with E-state index in [-0.39, 0.29) is 5.91 Å². The third kappa shape index (κ3) is 3.73. The van der Waals surface area contributed by atoms with Gasteiger partial charge in [0.2, 0.25) is 0 Å². The van der Waals surface area contributed by atoms with Gasteiger partial charge in [0.25, 0.3) is 5.91 Å². The van der Waals surface area contributed by atoms with Crippen molar-refractivity contribution in [1.29, 1.82) is 0 Å². The minimum Gasteiger partial charge on any atom is -0.335 e. The Hall–Kier alpha value is -1.61. The summed E-state index contributed by atoms with van der Waals surface area (Å²) in [4.78, 5) is 14.7. The van der Waals surface area contributed by atoms with E-state index in [0.29, 0.717) is 13.1 Å². The predicted octanol–water partition coefficient (Wildman–Crippen LogP) is 4.73. The number of amides is 1. The van der Waals surface area contributed by atoms with E-state index in [9.17, 15) is 4.79 Å². The van der Waals surface area contributed by atoms with Gasteiger partial charge in [-0.25, -0.2) is 0 Å². The lowest BCUT2D eigenvalue weighted by Gasteiger charge is -2.23. The van der Waals surface area contributed by atoms with E-state index in [1.807, 2.05) is 49.1 Å². The molecule has 0 bridgehead atoms. The van der Waals surface area contributed by atoms with Crippen LogP contribution in [0.4, 0.5) is 0 Å². The SMILES string of the molecule is CCN(Cc1ccccc1C)C(=O)c1cc(Br)ccc1C. The zero-order valence-electron chi connectivity index (χ0n) is 12.7. The summed E-state index contributed by atoms with van der Waals surface area (Å²) in [6.07, 6.45) is 0. The first-order valence-electron chi connectivity index (χ1n) is 7.13. The van der Waals surface area contributed by atoms with Gasteiger partial charge < -0.3 is 4.90 Å². The van der Waals surface area contributed by atoms with Crippen LogP contribution in [-0.4, -0.2) is 17.4 Å². The summed E-state index contributed by atoms with van der Waals surface area (Å²) in [7, 11) is 0. The Labute approximate surface area is 134 Å². The zero-order valence-corrected chi connectivity index (χ0v) is 14.3. The topological polar surface area (TPSA) is 20.3 Å². The highest BCUT2D eigenvalue weighted by atomic mass is 79.9. The molecule has 0 aliphatic carbocycles. The molecule has 0 aliphatic rings. The molecule has 0 unspecified atom stereocenters. The van der Waals surface area contributed by atoms with Gasteiger partial charge in [0.05, 0.1) is 0 Å². The molecule has 0 fully saturated rings. The Bertz CT molecular complexity index is 651. The second kappa shape index (κ2) is 6.90. The molecule has 0 saturated heterocycles. The van der Waals surface area contributed by atoms with Crippen LogP contribution in [0.1, 0.15) is 34.0 Å². The van der Waals surface area contributed by atoms with Crippen LogP contribution in [0, 0.1) is 13.8 Å². The molecule has 0 spiro atoms. The molecular formula is C18H20BrNO. The summed E-state index contributed by atoms with van der Waals surface area (Å²) >= 11 is 3.44. The van der Waals surface area contributed by atoms with Gasteiger partial charge in [-0.3, -0.25) is 4.79 Å². The molecule has 0 radical (unpaired) electrons. The van der Waals surface area contributed by atoms with Crippen LogP contribution in [-0.2, 0) is 6.54 Å². The van der Waals surface area contributed by atoms with E-state index < -0.39 is 0 Å². The molecule has 2 aromatic carbocycles. The van der Waals surface area contributed by atoms with Crippen LogP contribution < -0.4 is 0 Å². The molecule has 0 saturated carbocycles. The molecule has 2 nitrogen and oxygen atoms in total. The Morgan fingerprint density at radius 3 is 2.48 bits per heavy atom. The van der Waals surface area contributed by atoms with E-state index in [1.54, 1.807) is 0 Å². The first-order chi connectivity index (χ1) is 10.0. The van der Waals surface area contributed by atoms with Crippen molar-refractivity contribution < 1.29 is 4.79 Å². The average Bonchev–Trinajstić information content (AvgIpc) is 2.48. The molecule has 0 atom stereocenters. The van der Waals surface area contributed by atoms with Crippen LogP contribution in [0.5, 0.6) is 0 Å².